The summed E-state index contributed by atoms with van der Waals surface area (Å²) >= 11 is 6.11. The van der Waals surface area contributed by atoms with Crippen LogP contribution in [-0.4, -0.2) is 31.1 Å². The van der Waals surface area contributed by atoms with E-state index in [1.54, 1.807) is 18.2 Å². The smallest absolute Gasteiger partial charge is 0.321 e. The van der Waals surface area contributed by atoms with E-state index in [9.17, 15) is 9.59 Å². The lowest BCUT2D eigenvalue weighted by molar-refractivity contribution is -0.118. The molecule has 0 aliphatic heterocycles. The Kier molecular flexibility index (Phi) is 8.26. The molecule has 0 atom stereocenters. The molecule has 1 rings (SSSR count). The lowest BCUT2D eigenvalue weighted by Crippen LogP contribution is -2.42. The number of benzene rings is 1. The molecule has 0 spiro atoms. The van der Waals surface area contributed by atoms with Crippen molar-refractivity contribution in [3.8, 4) is 5.75 Å². The first-order valence-electron chi connectivity index (χ1n) is 7.70. The first-order chi connectivity index (χ1) is 10.9. The Bertz CT molecular complexity index is 535. The number of rotatable bonds is 8. The normalized spacial score (nSPS) is 10.3. The summed E-state index contributed by atoms with van der Waals surface area (Å²) in [4.78, 5) is 23.1. The number of unbranched alkanes of at least 4 members (excludes halogenated alkanes) is 1. The van der Waals surface area contributed by atoms with Crippen LogP contribution in [0.3, 0.4) is 0 Å². The van der Waals surface area contributed by atoms with Crippen LogP contribution < -0.4 is 20.7 Å². The number of ether oxygens (including phenoxy) is 1. The number of urea groups is 1. The molecule has 3 amide bonds. The second-order valence-electron chi connectivity index (χ2n) is 5.32. The van der Waals surface area contributed by atoms with E-state index in [0.29, 0.717) is 23.0 Å². The van der Waals surface area contributed by atoms with E-state index >= 15 is 0 Å². The minimum absolute atomic E-state index is 0.0259. The van der Waals surface area contributed by atoms with Gasteiger partial charge >= 0.3 is 6.03 Å². The topological polar surface area (TPSA) is 79.5 Å². The zero-order chi connectivity index (χ0) is 17.2. The van der Waals surface area contributed by atoms with Gasteiger partial charge < -0.3 is 15.4 Å². The maximum atomic E-state index is 11.7. The second-order valence-corrected chi connectivity index (χ2v) is 5.73. The second kappa shape index (κ2) is 9.94. The predicted octanol–water partition coefficient (Wildman–Crippen LogP) is 3.17. The zero-order valence-electron chi connectivity index (χ0n) is 13.7. The highest BCUT2D eigenvalue weighted by Gasteiger charge is 2.08. The van der Waals surface area contributed by atoms with Crippen LogP contribution >= 0.6 is 11.6 Å². The van der Waals surface area contributed by atoms with Crippen LogP contribution in [0.5, 0.6) is 5.75 Å². The highest BCUT2D eigenvalue weighted by molar-refractivity contribution is 6.32. The number of imide groups is 1. The molecule has 0 heterocycles. The van der Waals surface area contributed by atoms with Crippen molar-refractivity contribution in [1.29, 1.82) is 0 Å². The largest absolute Gasteiger partial charge is 0.489 e. The van der Waals surface area contributed by atoms with Gasteiger partial charge in [0.2, 0.25) is 5.91 Å². The summed E-state index contributed by atoms with van der Waals surface area (Å²) in [6.45, 7) is 6.38. The average Bonchev–Trinajstić information content (AvgIpc) is 2.47. The minimum atomic E-state index is -0.482. The van der Waals surface area contributed by atoms with Crippen molar-refractivity contribution in [3.05, 3.63) is 23.2 Å². The lowest BCUT2D eigenvalue weighted by Gasteiger charge is -2.13. The number of nitrogens with one attached hydrogen (secondary N) is 3. The third-order valence-corrected chi connectivity index (χ3v) is 3.11. The van der Waals surface area contributed by atoms with Crippen molar-refractivity contribution < 1.29 is 14.3 Å². The van der Waals surface area contributed by atoms with Crippen LogP contribution in [0.1, 0.15) is 33.6 Å². The lowest BCUT2D eigenvalue weighted by atomic mass is 10.3. The van der Waals surface area contributed by atoms with Crippen LogP contribution in [0.15, 0.2) is 18.2 Å². The molecule has 0 saturated heterocycles. The molecule has 7 heteroatoms. The Morgan fingerprint density at radius 2 is 2.04 bits per heavy atom. The van der Waals surface area contributed by atoms with Crippen molar-refractivity contribution in [1.82, 2.24) is 10.6 Å². The van der Waals surface area contributed by atoms with Gasteiger partial charge in [0.25, 0.3) is 0 Å². The van der Waals surface area contributed by atoms with E-state index in [1.807, 2.05) is 20.8 Å². The van der Waals surface area contributed by atoms with Crippen LogP contribution in [0.2, 0.25) is 5.02 Å². The molecular weight excluding hydrogens is 318 g/mol. The Morgan fingerprint density at radius 3 is 2.65 bits per heavy atom. The van der Waals surface area contributed by atoms with Crippen molar-refractivity contribution in [2.75, 3.05) is 18.4 Å². The van der Waals surface area contributed by atoms with Crippen molar-refractivity contribution in [2.24, 2.45) is 0 Å². The summed E-state index contributed by atoms with van der Waals surface area (Å²) in [5, 5.41) is 8.23. The molecule has 1 aromatic carbocycles. The van der Waals surface area contributed by atoms with Gasteiger partial charge in [0.1, 0.15) is 5.75 Å². The van der Waals surface area contributed by atoms with Crippen LogP contribution in [0.4, 0.5) is 10.5 Å². The van der Waals surface area contributed by atoms with E-state index < -0.39 is 11.9 Å². The van der Waals surface area contributed by atoms with Gasteiger partial charge in [0.15, 0.2) is 0 Å². The van der Waals surface area contributed by atoms with Gasteiger partial charge in [-0.2, -0.15) is 0 Å². The molecule has 0 fully saturated rings. The van der Waals surface area contributed by atoms with E-state index in [2.05, 4.69) is 16.0 Å². The first kappa shape index (κ1) is 19.1. The fourth-order valence-electron chi connectivity index (χ4n) is 1.74. The molecule has 0 aromatic heterocycles. The molecule has 23 heavy (non-hydrogen) atoms. The Hall–Kier alpha value is -1.95. The van der Waals surface area contributed by atoms with Gasteiger partial charge in [-0.3, -0.25) is 10.1 Å². The number of hydrogen-bond donors (Lipinski definition) is 3. The van der Waals surface area contributed by atoms with Crippen molar-refractivity contribution >= 4 is 29.2 Å². The maximum absolute atomic E-state index is 11.7. The first-order valence-corrected chi connectivity index (χ1v) is 8.08. The predicted molar refractivity (Wildman–Crippen MR) is 92.2 cm³/mol. The highest BCUT2D eigenvalue weighted by atomic mass is 35.5. The summed E-state index contributed by atoms with van der Waals surface area (Å²) < 4.78 is 5.53. The number of carbonyl (C=O) groups excluding carboxylic acids is 2. The monoisotopic (exact) mass is 341 g/mol. The molecule has 0 unspecified atom stereocenters. The third-order valence-electron chi connectivity index (χ3n) is 2.82. The average molecular weight is 342 g/mol. The van der Waals surface area contributed by atoms with Crippen LogP contribution in [-0.2, 0) is 4.79 Å². The molecule has 0 aliphatic carbocycles. The van der Waals surface area contributed by atoms with E-state index in [1.165, 1.54) is 0 Å². The fourth-order valence-corrected chi connectivity index (χ4v) is 1.96. The van der Waals surface area contributed by atoms with Gasteiger partial charge in [0, 0.05) is 12.2 Å². The molecule has 3 N–H and O–H groups in total. The molecule has 128 valence electrons. The van der Waals surface area contributed by atoms with Crippen LogP contribution in [0.25, 0.3) is 0 Å². The maximum Gasteiger partial charge on any atom is 0.321 e. The Labute approximate surface area is 141 Å². The molecule has 0 bridgehead atoms. The summed E-state index contributed by atoms with van der Waals surface area (Å²) in [7, 11) is 0. The molecular formula is C16H24ClN3O3. The highest BCUT2D eigenvalue weighted by Crippen LogP contribution is 2.28. The summed E-state index contributed by atoms with van der Waals surface area (Å²) in [5.41, 5.74) is 0.674. The third kappa shape index (κ3) is 7.74. The van der Waals surface area contributed by atoms with Gasteiger partial charge in [-0.15, -0.1) is 0 Å². The van der Waals surface area contributed by atoms with Gasteiger partial charge in [-0.25, -0.2) is 4.79 Å². The molecule has 0 saturated carbocycles. The van der Waals surface area contributed by atoms with Gasteiger partial charge in [-0.1, -0.05) is 24.9 Å². The zero-order valence-corrected chi connectivity index (χ0v) is 14.5. The number of amides is 3. The van der Waals surface area contributed by atoms with E-state index in [0.717, 1.165) is 12.8 Å². The SMILES string of the molecule is CCCCNC(=O)NC(=O)CNc1ccc(OC(C)C)c(Cl)c1. The van der Waals surface area contributed by atoms with E-state index in [-0.39, 0.29) is 12.6 Å². The fraction of sp³-hybridized carbons (Fsp3) is 0.500. The molecule has 1 aromatic rings. The van der Waals surface area contributed by atoms with Crippen LogP contribution in [0, 0.1) is 0 Å². The number of halogens is 1. The van der Waals surface area contributed by atoms with Gasteiger partial charge in [0.05, 0.1) is 17.7 Å². The standard InChI is InChI=1S/C16H24ClN3O3/c1-4-5-8-18-16(22)20-15(21)10-19-12-6-7-14(13(17)9-12)23-11(2)3/h6-7,9,11,19H,4-5,8,10H2,1-3H3,(H2,18,20,21,22). The summed E-state index contributed by atoms with van der Waals surface area (Å²) in [6, 6.07) is 4.69. The quantitative estimate of drug-likeness (QED) is 0.634. The number of anilines is 1. The molecule has 0 aliphatic rings. The van der Waals surface area contributed by atoms with Crippen molar-refractivity contribution in [3.63, 3.8) is 0 Å². The molecule has 0 radical (unpaired) electrons. The number of carbonyl (C=O) groups is 2. The Balaban J connectivity index is 2.41. The van der Waals surface area contributed by atoms with Gasteiger partial charge in [-0.05, 0) is 38.5 Å². The molecule has 6 nitrogen and oxygen atoms in total. The summed E-state index contributed by atoms with van der Waals surface area (Å²) in [6.07, 6.45) is 1.89. The summed E-state index contributed by atoms with van der Waals surface area (Å²) in [5.74, 6) is 0.171. The number of hydrogen-bond acceptors (Lipinski definition) is 4. The van der Waals surface area contributed by atoms with Crippen molar-refractivity contribution in [2.45, 2.75) is 39.7 Å². The van der Waals surface area contributed by atoms with E-state index in [4.69, 9.17) is 16.3 Å². The Morgan fingerprint density at radius 1 is 1.30 bits per heavy atom. The minimum Gasteiger partial charge on any atom is -0.489 e.